The van der Waals surface area contributed by atoms with E-state index in [1.165, 1.54) is 0 Å². The van der Waals surface area contributed by atoms with E-state index in [9.17, 15) is 9.59 Å². The van der Waals surface area contributed by atoms with Crippen LogP contribution in [0.15, 0.2) is 54.6 Å². The average Bonchev–Trinajstić information content (AvgIpc) is 2.70. The van der Waals surface area contributed by atoms with Crippen molar-refractivity contribution in [3.05, 3.63) is 65.7 Å². The van der Waals surface area contributed by atoms with E-state index < -0.39 is 17.6 Å². The van der Waals surface area contributed by atoms with Crippen LogP contribution in [0.4, 0.5) is 0 Å². The fourth-order valence-corrected chi connectivity index (χ4v) is 3.15. The normalized spacial score (nSPS) is 12.7. The van der Waals surface area contributed by atoms with E-state index in [4.69, 9.17) is 9.47 Å². The largest absolute Gasteiger partial charge is 0.488 e. The van der Waals surface area contributed by atoms with Crippen LogP contribution in [0.2, 0.25) is 0 Å². The topological polar surface area (TPSA) is 76.7 Å². The Morgan fingerprint density at radius 3 is 2.06 bits per heavy atom. The maximum absolute atomic E-state index is 12.8. The lowest BCUT2D eigenvalue weighted by Crippen LogP contribution is -2.46. The molecule has 2 aromatic carbocycles. The summed E-state index contributed by atoms with van der Waals surface area (Å²) in [5, 5.41) is 6.11. The third-order valence-corrected chi connectivity index (χ3v) is 4.51. The Morgan fingerprint density at radius 2 is 1.48 bits per heavy atom. The summed E-state index contributed by atoms with van der Waals surface area (Å²) in [4.78, 5) is 25.3. The molecule has 0 aromatic heterocycles. The molecule has 0 fully saturated rings. The van der Waals surface area contributed by atoms with Crippen molar-refractivity contribution in [2.75, 3.05) is 6.54 Å². The lowest BCUT2D eigenvalue weighted by Gasteiger charge is -2.25. The van der Waals surface area contributed by atoms with Crippen molar-refractivity contribution < 1.29 is 19.1 Å². The van der Waals surface area contributed by atoms with Gasteiger partial charge in [-0.2, -0.15) is 0 Å². The highest BCUT2D eigenvalue weighted by molar-refractivity contribution is 5.85. The monoisotopic (exact) mass is 454 g/mol. The molecule has 1 atom stereocenters. The predicted octanol–water partition coefficient (Wildman–Crippen LogP) is 4.41. The Kier molecular flexibility index (Phi) is 9.47. The molecule has 6 heteroatoms. The smallest absolute Gasteiger partial charge is 0.329 e. The minimum Gasteiger partial charge on any atom is -0.488 e. The molecule has 0 bridgehead atoms. The van der Waals surface area contributed by atoms with Gasteiger partial charge in [0.1, 0.15) is 23.0 Å². The van der Waals surface area contributed by atoms with E-state index >= 15 is 0 Å². The summed E-state index contributed by atoms with van der Waals surface area (Å²) in [5.41, 5.74) is 1.14. The summed E-state index contributed by atoms with van der Waals surface area (Å²) in [6, 6.07) is 16.8. The van der Waals surface area contributed by atoms with Gasteiger partial charge in [0, 0.05) is 25.9 Å². The van der Waals surface area contributed by atoms with E-state index in [0.29, 0.717) is 19.5 Å². The molecule has 0 saturated carbocycles. The van der Waals surface area contributed by atoms with Gasteiger partial charge in [0.25, 0.3) is 0 Å². The van der Waals surface area contributed by atoms with Gasteiger partial charge in [-0.15, -0.1) is 0 Å². The summed E-state index contributed by atoms with van der Waals surface area (Å²) >= 11 is 0. The number of ether oxygens (including phenoxy) is 2. The van der Waals surface area contributed by atoms with Crippen molar-refractivity contribution in [1.29, 1.82) is 0 Å². The molecule has 0 spiro atoms. The van der Waals surface area contributed by atoms with Crippen LogP contribution in [0.25, 0.3) is 0 Å². The van der Waals surface area contributed by atoms with Crippen molar-refractivity contribution in [3.8, 4) is 5.75 Å². The van der Waals surface area contributed by atoms with Gasteiger partial charge in [0.2, 0.25) is 5.91 Å². The molecular formula is C27H38N2O4. The first-order valence-electron chi connectivity index (χ1n) is 11.5. The molecular weight excluding hydrogens is 416 g/mol. The zero-order valence-corrected chi connectivity index (χ0v) is 20.7. The van der Waals surface area contributed by atoms with Gasteiger partial charge in [0.15, 0.2) is 0 Å². The van der Waals surface area contributed by atoms with Crippen molar-refractivity contribution in [1.82, 2.24) is 10.6 Å². The van der Waals surface area contributed by atoms with Crippen molar-refractivity contribution >= 4 is 11.9 Å². The van der Waals surface area contributed by atoms with Crippen LogP contribution in [-0.2, 0) is 27.3 Å². The number of esters is 1. The quantitative estimate of drug-likeness (QED) is 0.411. The number of hydrogen-bond acceptors (Lipinski definition) is 5. The summed E-state index contributed by atoms with van der Waals surface area (Å²) in [5.74, 6) is 0.121. The molecule has 6 nitrogen and oxygen atoms in total. The second-order valence-electron chi connectivity index (χ2n) is 10.1. The fourth-order valence-electron chi connectivity index (χ4n) is 3.15. The second kappa shape index (κ2) is 11.8. The molecule has 0 aliphatic carbocycles. The number of carbonyl (C=O) groups is 2. The molecule has 0 unspecified atom stereocenters. The number of hydrogen-bond donors (Lipinski definition) is 2. The molecule has 2 N–H and O–H groups in total. The number of amides is 1. The Hall–Kier alpha value is -2.86. The third kappa shape index (κ3) is 11.0. The molecule has 2 aromatic rings. The van der Waals surface area contributed by atoms with E-state index in [1.807, 2.05) is 96.1 Å². The van der Waals surface area contributed by atoms with Crippen LogP contribution < -0.4 is 15.4 Å². The van der Waals surface area contributed by atoms with E-state index in [2.05, 4.69) is 10.6 Å². The zero-order valence-electron chi connectivity index (χ0n) is 20.7. The highest BCUT2D eigenvalue weighted by Gasteiger charge is 2.27. The molecule has 0 aliphatic heterocycles. The Bertz CT molecular complexity index is 881. The molecule has 1 amide bonds. The van der Waals surface area contributed by atoms with E-state index in [-0.39, 0.29) is 17.9 Å². The predicted molar refractivity (Wildman–Crippen MR) is 131 cm³/mol. The molecule has 33 heavy (non-hydrogen) atoms. The number of carbonyl (C=O) groups excluding carboxylic acids is 2. The highest BCUT2D eigenvalue weighted by Crippen LogP contribution is 2.19. The Labute approximate surface area is 198 Å². The van der Waals surface area contributed by atoms with Crippen molar-refractivity contribution in [2.24, 2.45) is 0 Å². The first kappa shape index (κ1) is 26.4. The van der Waals surface area contributed by atoms with Crippen molar-refractivity contribution in [2.45, 2.75) is 78.2 Å². The van der Waals surface area contributed by atoms with Gasteiger partial charge in [-0.1, -0.05) is 42.5 Å². The SMILES string of the molecule is CC(C)(C)OC(=O)[C@H](Cc1ccc(OC(C)(C)C)cc1)NC(=O)CCNCc1ccccc1. The third-order valence-electron chi connectivity index (χ3n) is 4.51. The van der Waals surface area contributed by atoms with Gasteiger partial charge in [-0.25, -0.2) is 4.79 Å². The maximum Gasteiger partial charge on any atom is 0.329 e. The fraction of sp³-hybridized carbons (Fsp3) is 0.481. The lowest BCUT2D eigenvalue weighted by molar-refractivity contribution is -0.158. The van der Waals surface area contributed by atoms with Crippen LogP contribution in [0, 0.1) is 0 Å². The van der Waals surface area contributed by atoms with Crippen LogP contribution in [-0.4, -0.2) is 35.7 Å². The minimum absolute atomic E-state index is 0.195. The summed E-state index contributed by atoms with van der Waals surface area (Å²) in [7, 11) is 0. The standard InChI is InChI=1S/C27H38N2O4/c1-26(2,3)32-22-14-12-20(13-15-22)18-23(25(31)33-27(4,5)6)29-24(30)16-17-28-19-21-10-8-7-9-11-21/h7-15,23,28H,16-19H2,1-6H3,(H,29,30)/t23-/m0/s1. The maximum atomic E-state index is 12.8. The zero-order chi connectivity index (χ0) is 24.5. The Morgan fingerprint density at radius 1 is 0.848 bits per heavy atom. The summed E-state index contributed by atoms with van der Waals surface area (Å²) in [6.45, 7) is 12.6. The molecule has 0 saturated heterocycles. The van der Waals surface area contributed by atoms with E-state index in [1.54, 1.807) is 0 Å². The van der Waals surface area contributed by atoms with Gasteiger partial charge >= 0.3 is 5.97 Å². The number of benzene rings is 2. The van der Waals surface area contributed by atoms with E-state index in [0.717, 1.165) is 16.9 Å². The van der Waals surface area contributed by atoms with Crippen molar-refractivity contribution in [3.63, 3.8) is 0 Å². The number of nitrogens with one attached hydrogen (secondary N) is 2. The summed E-state index contributed by atoms with van der Waals surface area (Å²) in [6.07, 6.45) is 0.610. The molecule has 180 valence electrons. The molecule has 0 heterocycles. The van der Waals surface area contributed by atoms with Gasteiger partial charge in [0.05, 0.1) is 0 Å². The molecule has 0 radical (unpaired) electrons. The van der Waals surface area contributed by atoms with Gasteiger partial charge in [-0.05, 0) is 64.8 Å². The van der Waals surface area contributed by atoms with Crippen LogP contribution in [0.1, 0.15) is 59.1 Å². The first-order valence-corrected chi connectivity index (χ1v) is 11.5. The lowest BCUT2D eigenvalue weighted by atomic mass is 10.0. The highest BCUT2D eigenvalue weighted by atomic mass is 16.6. The number of rotatable bonds is 10. The van der Waals surface area contributed by atoms with Crippen LogP contribution in [0.5, 0.6) is 5.75 Å². The molecule has 2 rings (SSSR count). The summed E-state index contributed by atoms with van der Waals surface area (Å²) < 4.78 is 11.4. The van der Waals surface area contributed by atoms with Gasteiger partial charge < -0.3 is 20.1 Å². The second-order valence-corrected chi connectivity index (χ2v) is 10.1. The first-order chi connectivity index (χ1) is 15.4. The Balaban J connectivity index is 1.95. The van der Waals surface area contributed by atoms with Crippen LogP contribution >= 0.6 is 0 Å². The van der Waals surface area contributed by atoms with Crippen LogP contribution in [0.3, 0.4) is 0 Å². The minimum atomic E-state index is -0.764. The van der Waals surface area contributed by atoms with Gasteiger partial charge in [-0.3, -0.25) is 4.79 Å². The molecule has 0 aliphatic rings. The average molecular weight is 455 g/mol.